The van der Waals surface area contributed by atoms with Crippen LogP contribution in [0.5, 0.6) is 5.75 Å². The van der Waals surface area contributed by atoms with Crippen molar-refractivity contribution in [2.75, 3.05) is 0 Å². The monoisotopic (exact) mass is 547 g/mol. The molecular weight excluding hydrogens is 538 g/mol. The smallest absolute Gasteiger partial charge is 0.339 e. The lowest BCUT2D eigenvalue weighted by atomic mass is 10.2. The van der Waals surface area contributed by atoms with E-state index in [0.717, 1.165) is 19.9 Å². The Labute approximate surface area is 171 Å². The van der Waals surface area contributed by atoms with Gasteiger partial charge < -0.3 is 4.18 Å². The Kier molecular flexibility index (Phi) is 5.26. The minimum Gasteiger partial charge on any atom is -0.375 e. The highest BCUT2D eigenvalue weighted by Gasteiger charge is 2.24. The number of aryl methyl sites for hydroxylation is 2. The molecule has 1 heterocycles. The van der Waals surface area contributed by atoms with Crippen LogP contribution in [0.4, 0.5) is 0 Å². The van der Waals surface area contributed by atoms with Gasteiger partial charge in [0.25, 0.3) is 0 Å². The van der Waals surface area contributed by atoms with Gasteiger partial charge in [0.05, 0.1) is 4.47 Å². The first-order valence-electron chi connectivity index (χ1n) is 7.14. The van der Waals surface area contributed by atoms with Gasteiger partial charge in [-0.3, -0.25) is 4.98 Å². The van der Waals surface area contributed by atoms with Crippen molar-refractivity contribution in [2.45, 2.75) is 18.7 Å². The first-order chi connectivity index (χ1) is 11.7. The summed E-state index contributed by atoms with van der Waals surface area (Å²) < 4.78 is 33.4. The summed E-state index contributed by atoms with van der Waals surface area (Å²) >= 11 is 10.2. The van der Waals surface area contributed by atoms with Gasteiger partial charge in [0.15, 0.2) is 5.75 Å². The summed E-state index contributed by atoms with van der Waals surface area (Å²) in [5.74, 6) is 0.166. The van der Waals surface area contributed by atoms with E-state index in [4.69, 9.17) is 4.18 Å². The van der Waals surface area contributed by atoms with Gasteiger partial charge in [-0.05, 0) is 65.2 Å². The maximum Gasteiger partial charge on any atom is 0.339 e. The molecule has 3 rings (SSSR count). The molecule has 1 aromatic heterocycles. The number of pyridine rings is 1. The third kappa shape index (κ3) is 3.63. The molecule has 130 valence electrons. The van der Waals surface area contributed by atoms with Crippen molar-refractivity contribution in [1.29, 1.82) is 0 Å². The van der Waals surface area contributed by atoms with Gasteiger partial charge in [0.1, 0.15) is 10.4 Å². The second-order valence-corrected chi connectivity index (χ2v) is 9.55. The van der Waals surface area contributed by atoms with E-state index in [-0.39, 0.29) is 10.6 Å². The predicted octanol–water partition coefficient (Wildman–Crippen LogP) is 5.91. The Morgan fingerprint density at radius 1 is 0.960 bits per heavy atom. The Bertz CT molecular complexity index is 1100. The zero-order valence-electron chi connectivity index (χ0n) is 13.2. The van der Waals surface area contributed by atoms with Crippen molar-refractivity contribution in [3.63, 3.8) is 0 Å². The lowest BCUT2D eigenvalue weighted by Crippen LogP contribution is -2.12. The standard InChI is InChI=1S/C17H12Br3NO3S/c1-9-7-15(10(2)6-12(9)18)25(22,23)24-17-14(20)8-13(19)11-4-3-5-21-16(11)17/h3-8H,1-2H3. The Balaban J connectivity index is 2.17. The zero-order valence-corrected chi connectivity index (χ0v) is 18.8. The van der Waals surface area contributed by atoms with Crippen molar-refractivity contribution in [2.24, 2.45) is 0 Å². The first-order valence-corrected chi connectivity index (χ1v) is 10.9. The van der Waals surface area contributed by atoms with Crippen molar-refractivity contribution in [3.05, 3.63) is 61.1 Å². The van der Waals surface area contributed by atoms with Crippen molar-refractivity contribution in [1.82, 2.24) is 4.98 Å². The molecule has 0 saturated heterocycles. The van der Waals surface area contributed by atoms with Crippen LogP contribution in [0.15, 0.2) is 54.8 Å². The Hall–Kier alpha value is -0.960. The molecule has 0 amide bonds. The number of hydrogen-bond acceptors (Lipinski definition) is 4. The molecule has 25 heavy (non-hydrogen) atoms. The summed E-state index contributed by atoms with van der Waals surface area (Å²) in [7, 11) is -4.02. The van der Waals surface area contributed by atoms with Crippen LogP contribution in [0.1, 0.15) is 11.1 Å². The van der Waals surface area contributed by atoms with Gasteiger partial charge in [-0.1, -0.05) is 37.9 Å². The number of hydrogen-bond donors (Lipinski definition) is 0. The van der Waals surface area contributed by atoms with E-state index in [1.54, 1.807) is 37.4 Å². The lowest BCUT2D eigenvalue weighted by Gasteiger charge is -2.14. The third-order valence-corrected chi connectivity index (χ3v) is 7.13. The van der Waals surface area contributed by atoms with E-state index in [9.17, 15) is 8.42 Å². The van der Waals surface area contributed by atoms with E-state index in [1.807, 2.05) is 13.0 Å². The van der Waals surface area contributed by atoms with E-state index >= 15 is 0 Å². The van der Waals surface area contributed by atoms with Crippen LogP contribution in [-0.2, 0) is 10.1 Å². The summed E-state index contributed by atoms with van der Waals surface area (Å²) in [5.41, 5.74) is 1.87. The molecule has 0 radical (unpaired) electrons. The molecule has 0 aliphatic carbocycles. The van der Waals surface area contributed by atoms with E-state index in [0.29, 0.717) is 15.6 Å². The molecule has 0 saturated carbocycles. The minimum absolute atomic E-state index is 0.132. The van der Waals surface area contributed by atoms with Crippen molar-refractivity contribution >= 4 is 68.8 Å². The highest BCUT2D eigenvalue weighted by atomic mass is 79.9. The largest absolute Gasteiger partial charge is 0.375 e. The number of rotatable bonds is 3. The topological polar surface area (TPSA) is 56.3 Å². The fourth-order valence-corrected chi connectivity index (χ4v) is 5.58. The highest BCUT2D eigenvalue weighted by molar-refractivity contribution is 9.11. The Morgan fingerprint density at radius 2 is 1.68 bits per heavy atom. The molecule has 3 aromatic rings. The highest BCUT2D eigenvalue weighted by Crippen LogP contribution is 2.39. The summed E-state index contributed by atoms with van der Waals surface area (Å²) in [4.78, 5) is 4.41. The number of benzene rings is 2. The third-order valence-electron chi connectivity index (χ3n) is 3.67. The molecular formula is C17H12Br3NO3S. The number of nitrogens with zero attached hydrogens (tertiary/aromatic N) is 1. The maximum atomic E-state index is 12.9. The number of aromatic nitrogens is 1. The maximum absolute atomic E-state index is 12.9. The molecule has 0 bridgehead atoms. The quantitative estimate of drug-likeness (QED) is 0.381. The summed E-state index contributed by atoms with van der Waals surface area (Å²) in [6.45, 7) is 3.56. The molecule has 0 unspecified atom stereocenters. The number of fused-ring (bicyclic) bond motifs is 1. The van der Waals surface area contributed by atoms with Crippen LogP contribution in [-0.4, -0.2) is 13.4 Å². The molecule has 8 heteroatoms. The summed E-state index contributed by atoms with van der Waals surface area (Å²) in [5, 5.41) is 0.764. The van der Waals surface area contributed by atoms with Gasteiger partial charge in [0.2, 0.25) is 0 Å². The van der Waals surface area contributed by atoms with Gasteiger partial charge in [0, 0.05) is 20.5 Å². The summed E-state index contributed by atoms with van der Waals surface area (Å²) in [6, 6.07) is 8.72. The van der Waals surface area contributed by atoms with Crippen molar-refractivity contribution < 1.29 is 12.6 Å². The normalized spacial score (nSPS) is 11.7. The SMILES string of the molecule is Cc1cc(S(=O)(=O)Oc2c(Br)cc(Br)c3cccnc23)c(C)cc1Br. The predicted molar refractivity (Wildman–Crippen MR) is 109 cm³/mol. The minimum atomic E-state index is -4.02. The van der Waals surface area contributed by atoms with Crippen LogP contribution >= 0.6 is 47.8 Å². The average Bonchev–Trinajstić information content (AvgIpc) is 2.54. The fourth-order valence-electron chi connectivity index (χ4n) is 2.40. The van der Waals surface area contributed by atoms with Crippen LogP contribution in [0, 0.1) is 13.8 Å². The molecule has 2 aromatic carbocycles. The molecule has 0 aliphatic rings. The van der Waals surface area contributed by atoms with Gasteiger partial charge in [-0.15, -0.1) is 0 Å². The van der Waals surface area contributed by atoms with Crippen LogP contribution in [0.2, 0.25) is 0 Å². The lowest BCUT2D eigenvalue weighted by molar-refractivity contribution is 0.486. The molecule has 0 N–H and O–H groups in total. The molecule has 0 atom stereocenters. The fraction of sp³-hybridized carbons (Fsp3) is 0.118. The van der Waals surface area contributed by atoms with Gasteiger partial charge >= 0.3 is 10.1 Å². The summed E-state index contributed by atoms with van der Waals surface area (Å²) in [6.07, 6.45) is 1.59. The van der Waals surface area contributed by atoms with Crippen LogP contribution in [0.25, 0.3) is 10.9 Å². The Morgan fingerprint density at radius 3 is 2.40 bits per heavy atom. The molecule has 0 aliphatic heterocycles. The van der Waals surface area contributed by atoms with E-state index < -0.39 is 10.1 Å². The average molecular weight is 550 g/mol. The van der Waals surface area contributed by atoms with Crippen LogP contribution < -0.4 is 4.18 Å². The van der Waals surface area contributed by atoms with E-state index in [1.165, 1.54) is 0 Å². The van der Waals surface area contributed by atoms with Gasteiger partial charge in [-0.25, -0.2) is 0 Å². The number of halogens is 3. The zero-order chi connectivity index (χ0) is 18.4. The second-order valence-electron chi connectivity index (χ2n) is 5.47. The molecule has 0 fully saturated rings. The first kappa shape index (κ1) is 18.8. The van der Waals surface area contributed by atoms with E-state index in [2.05, 4.69) is 52.8 Å². The van der Waals surface area contributed by atoms with Crippen LogP contribution in [0.3, 0.4) is 0 Å². The van der Waals surface area contributed by atoms with Gasteiger partial charge in [-0.2, -0.15) is 8.42 Å². The molecule has 0 spiro atoms. The molecule has 4 nitrogen and oxygen atoms in total. The second kappa shape index (κ2) is 6.98. The van der Waals surface area contributed by atoms with Crippen molar-refractivity contribution in [3.8, 4) is 5.75 Å².